The van der Waals surface area contributed by atoms with Crippen LogP contribution < -0.4 is 0 Å². The van der Waals surface area contributed by atoms with Crippen molar-refractivity contribution in [3.63, 3.8) is 0 Å². The van der Waals surface area contributed by atoms with Gasteiger partial charge in [-0.3, -0.25) is 0 Å². The quantitative estimate of drug-likeness (QED) is 0.275. The van der Waals surface area contributed by atoms with Crippen molar-refractivity contribution in [2.24, 2.45) is 0 Å². The molecular formula is C22H28O2. The number of hydrogen-bond donors (Lipinski definition) is 0. The van der Waals surface area contributed by atoms with E-state index in [9.17, 15) is 4.79 Å². The molecule has 0 aliphatic carbocycles. The Hall–Kier alpha value is -2.09. The Morgan fingerprint density at radius 3 is 2.29 bits per heavy atom. The summed E-state index contributed by atoms with van der Waals surface area (Å²) in [4.78, 5) is 12.1. The third-order valence-corrected chi connectivity index (χ3v) is 4.27. The lowest BCUT2D eigenvalue weighted by molar-refractivity contribution is 0.0498. The first kappa shape index (κ1) is 18.3. The molecular weight excluding hydrogens is 296 g/mol. The molecule has 24 heavy (non-hydrogen) atoms. The average molecular weight is 324 g/mol. The molecule has 128 valence electrons. The van der Waals surface area contributed by atoms with E-state index in [-0.39, 0.29) is 5.97 Å². The zero-order chi connectivity index (χ0) is 17.0. The van der Waals surface area contributed by atoms with E-state index < -0.39 is 0 Å². The maximum Gasteiger partial charge on any atom is 0.338 e. The van der Waals surface area contributed by atoms with Gasteiger partial charge >= 0.3 is 5.97 Å². The van der Waals surface area contributed by atoms with Crippen molar-refractivity contribution in [3.05, 3.63) is 60.7 Å². The molecule has 0 fully saturated rings. The first-order valence-electron chi connectivity index (χ1n) is 9.08. The molecule has 0 unspecified atom stereocenters. The van der Waals surface area contributed by atoms with E-state index in [1.54, 1.807) is 0 Å². The maximum absolute atomic E-state index is 12.1. The van der Waals surface area contributed by atoms with Crippen LogP contribution in [0.4, 0.5) is 0 Å². The van der Waals surface area contributed by atoms with Gasteiger partial charge in [0, 0.05) is 0 Å². The van der Waals surface area contributed by atoms with Crippen molar-refractivity contribution in [1.29, 1.82) is 0 Å². The summed E-state index contributed by atoms with van der Waals surface area (Å²) in [5, 5.41) is 2.21. The van der Waals surface area contributed by atoms with Gasteiger partial charge in [0.2, 0.25) is 0 Å². The molecule has 0 N–H and O–H groups in total. The zero-order valence-corrected chi connectivity index (χ0v) is 14.5. The second-order valence-corrected chi connectivity index (χ2v) is 6.25. The van der Waals surface area contributed by atoms with Gasteiger partial charge in [-0.25, -0.2) is 4.79 Å². The molecule has 0 aromatic heterocycles. The summed E-state index contributed by atoms with van der Waals surface area (Å²) in [7, 11) is 0. The summed E-state index contributed by atoms with van der Waals surface area (Å²) in [5.41, 5.74) is 0.635. The van der Waals surface area contributed by atoms with Gasteiger partial charge < -0.3 is 4.74 Å². The zero-order valence-electron chi connectivity index (χ0n) is 14.5. The molecule has 2 heteroatoms. The number of esters is 1. The Morgan fingerprint density at radius 1 is 0.875 bits per heavy atom. The van der Waals surface area contributed by atoms with Crippen molar-refractivity contribution in [1.82, 2.24) is 0 Å². The van der Waals surface area contributed by atoms with Gasteiger partial charge in [-0.05, 0) is 42.2 Å². The highest BCUT2D eigenvalue weighted by molar-refractivity contribution is 5.95. The first-order valence-corrected chi connectivity index (χ1v) is 9.08. The molecule has 0 saturated heterocycles. The molecule has 0 heterocycles. The molecule has 2 nitrogen and oxygen atoms in total. The molecule has 0 bridgehead atoms. The maximum atomic E-state index is 12.1. The average Bonchev–Trinajstić information content (AvgIpc) is 2.62. The summed E-state index contributed by atoms with van der Waals surface area (Å²) in [6.07, 6.45) is 11.5. The third-order valence-electron chi connectivity index (χ3n) is 4.27. The molecule has 0 aliphatic heterocycles. The molecule has 2 aromatic rings. The van der Waals surface area contributed by atoms with Crippen LogP contribution in [0.15, 0.2) is 55.1 Å². The minimum atomic E-state index is -0.217. The molecule has 0 radical (unpaired) electrons. The van der Waals surface area contributed by atoms with Gasteiger partial charge in [-0.1, -0.05) is 68.5 Å². The Morgan fingerprint density at radius 2 is 1.54 bits per heavy atom. The lowest BCUT2D eigenvalue weighted by Crippen LogP contribution is -2.06. The van der Waals surface area contributed by atoms with E-state index in [1.165, 1.54) is 32.1 Å². The smallest absolute Gasteiger partial charge is 0.338 e. The molecule has 2 rings (SSSR count). The van der Waals surface area contributed by atoms with Crippen molar-refractivity contribution in [2.45, 2.75) is 51.4 Å². The summed E-state index contributed by atoms with van der Waals surface area (Å²) in [6, 6.07) is 13.8. The Bertz CT molecular complexity index is 645. The molecule has 0 atom stereocenters. The minimum Gasteiger partial charge on any atom is -0.462 e. The van der Waals surface area contributed by atoms with Crippen LogP contribution in [-0.2, 0) is 4.74 Å². The second-order valence-electron chi connectivity index (χ2n) is 6.25. The number of unbranched alkanes of at least 4 members (excludes halogenated alkanes) is 7. The molecule has 2 aromatic carbocycles. The number of allylic oxidation sites excluding steroid dienone is 1. The topological polar surface area (TPSA) is 26.3 Å². The van der Waals surface area contributed by atoms with Crippen LogP contribution in [0.3, 0.4) is 0 Å². The highest BCUT2D eigenvalue weighted by Crippen LogP contribution is 2.16. The van der Waals surface area contributed by atoms with Crippen molar-refractivity contribution >= 4 is 16.7 Å². The van der Waals surface area contributed by atoms with Crippen LogP contribution >= 0.6 is 0 Å². The van der Waals surface area contributed by atoms with E-state index in [0.717, 1.165) is 30.0 Å². The highest BCUT2D eigenvalue weighted by atomic mass is 16.5. The van der Waals surface area contributed by atoms with Crippen LogP contribution in [0.25, 0.3) is 10.8 Å². The Balaban J connectivity index is 1.60. The SMILES string of the molecule is C=CCCCCCCCCCOC(=O)c1ccc2ccccc2c1. The lowest BCUT2D eigenvalue weighted by atomic mass is 10.1. The van der Waals surface area contributed by atoms with Crippen molar-refractivity contribution < 1.29 is 9.53 Å². The largest absolute Gasteiger partial charge is 0.462 e. The normalized spacial score (nSPS) is 10.7. The van der Waals surface area contributed by atoms with Gasteiger partial charge in [0.1, 0.15) is 0 Å². The van der Waals surface area contributed by atoms with E-state index in [2.05, 4.69) is 6.58 Å². The number of rotatable bonds is 11. The van der Waals surface area contributed by atoms with E-state index in [1.807, 2.05) is 48.5 Å². The van der Waals surface area contributed by atoms with Crippen molar-refractivity contribution in [2.75, 3.05) is 6.61 Å². The standard InChI is InChI=1S/C22H28O2/c1-2-3-4-5-6-7-8-9-12-17-24-22(23)21-16-15-19-13-10-11-14-20(19)18-21/h2,10-11,13-16,18H,1,3-9,12,17H2. The predicted molar refractivity (Wildman–Crippen MR) is 101 cm³/mol. The van der Waals surface area contributed by atoms with Gasteiger partial charge in [0.25, 0.3) is 0 Å². The van der Waals surface area contributed by atoms with Gasteiger partial charge in [0.05, 0.1) is 12.2 Å². The monoisotopic (exact) mass is 324 g/mol. The van der Waals surface area contributed by atoms with Gasteiger partial charge in [-0.15, -0.1) is 6.58 Å². The number of carbonyl (C=O) groups excluding carboxylic acids is 1. The summed E-state index contributed by atoms with van der Waals surface area (Å²) < 4.78 is 5.39. The van der Waals surface area contributed by atoms with Gasteiger partial charge in [0.15, 0.2) is 0 Å². The van der Waals surface area contributed by atoms with Gasteiger partial charge in [-0.2, -0.15) is 0 Å². The Kier molecular flexibility index (Phi) is 8.09. The van der Waals surface area contributed by atoms with Crippen LogP contribution in [0, 0.1) is 0 Å². The first-order chi connectivity index (χ1) is 11.8. The predicted octanol–water partition coefficient (Wildman–Crippen LogP) is 6.30. The number of ether oxygens (including phenoxy) is 1. The van der Waals surface area contributed by atoms with Crippen molar-refractivity contribution in [3.8, 4) is 0 Å². The molecule has 0 aliphatic rings. The number of benzene rings is 2. The van der Waals surface area contributed by atoms with Crippen LogP contribution in [0.5, 0.6) is 0 Å². The molecule has 0 amide bonds. The summed E-state index contributed by atoms with van der Waals surface area (Å²) in [5.74, 6) is -0.217. The fourth-order valence-electron chi connectivity index (χ4n) is 2.84. The third kappa shape index (κ3) is 6.19. The number of carbonyl (C=O) groups is 1. The van der Waals surface area contributed by atoms with Crippen LogP contribution in [-0.4, -0.2) is 12.6 Å². The fraction of sp³-hybridized carbons (Fsp3) is 0.409. The van der Waals surface area contributed by atoms with E-state index in [0.29, 0.717) is 12.2 Å². The van der Waals surface area contributed by atoms with Crippen LogP contribution in [0.1, 0.15) is 61.7 Å². The van der Waals surface area contributed by atoms with Crippen LogP contribution in [0.2, 0.25) is 0 Å². The van der Waals surface area contributed by atoms with E-state index >= 15 is 0 Å². The second kappa shape index (κ2) is 10.6. The summed E-state index contributed by atoms with van der Waals surface area (Å²) in [6.45, 7) is 4.25. The number of fused-ring (bicyclic) bond motifs is 1. The highest BCUT2D eigenvalue weighted by Gasteiger charge is 2.07. The summed E-state index contributed by atoms with van der Waals surface area (Å²) >= 11 is 0. The molecule has 0 spiro atoms. The fourth-order valence-corrected chi connectivity index (χ4v) is 2.84. The molecule has 0 saturated carbocycles. The lowest BCUT2D eigenvalue weighted by Gasteiger charge is -2.06. The Labute approximate surface area is 145 Å². The minimum absolute atomic E-state index is 0.217. The van der Waals surface area contributed by atoms with E-state index in [4.69, 9.17) is 4.74 Å². The number of hydrogen-bond acceptors (Lipinski definition) is 2.